The van der Waals surface area contributed by atoms with E-state index in [-0.39, 0.29) is 18.4 Å². The third kappa shape index (κ3) is 2.95. The molecule has 7 nitrogen and oxygen atoms in total. The Morgan fingerprint density at radius 1 is 1.19 bits per heavy atom. The number of likely N-dealkylation sites (tertiary alicyclic amines) is 1. The van der Waals surface area contributed by atoms with E-state index in [1.807, 2.05) is 30.3 Å². The van der Waals surface area contributed by atoms with Crippen LogP contribution in [0.4, 0.5) is 0 Å². The highest BCUT2D eigenvalue weighted by Crippen LogP contribution is 2.34. The van der Waals surface area contributed by atoms with Crippen molar-refractivity contribution in [1.29, 1.82) is 0 Å². The van der Waals surface area contributed by atoms with Crippen molar-refractivity contribution in [3.8, 4) is 0 Å². The average Bonchev–Trinajstić information content (AvgIpc) is 3.26. The molecule has 2 aromatic heterocycles. The highest BCUT2D eigenvalue weighted by molar-refractivity contribution is 6.06. The van der Waals surface area contributed by atoms with Gasteiger partial charge in [0, 0.05) is 24.7 Å². The summed E-state index contributed by atoms with van der Waals surface area (Å²) in [5.41, 5.74) is 2.95. The molecule has 2 atom stereocenters. The molecule has 1 aliphatic heterocycles. The third-order valence-electron chi connectivity index (χ3n) is 5.13. The van der Waals surface area contributed by atoms with Gasteiger partial charge in [-0.25, -0.2) is 4.98 Å². The predicted molar refractivity (Wildman–Crippen MR) is 97.5 cm³/mol. The number of aryl methyl sites for hydroxylation is 2. The van der Waals surface area contributed by atoms with Crippen LogP contribution in [-0.4, -0.2) is 45.1 Å². The first-order chi connectivity index (χ1) is 13.0. The first-order valence-corrected chi connectivity index (χ1v) is 8.76. The Labute approximate surface area is 155 Å². The minimum absolute atomic E-state index is 0.168. The van der Waals surface area contributed by atoms with Crippen LogP contribution in [0, 0.1) is 19.8 Å². The van der Waals surface area contributed by atoms with E-state index < -0.39 is 11.9 Å². The van der Waals surface area contributed by atoms with Crippen LogP contribution in [0.2, 0.25) is 0 Å². The van der Waals surface area contributed by atoms with E-state index in [1.54, 1.807) is 24.8 Å². The summed E-state index contributed by atoms with van der Waals surface area (Å²) in [6.45, 7) is 4.06. The lowest BCUT2D eigenvalue weighted by Gasteiger charge is -2.17. The molecule has 2 unspecified atom stereocenters. The number of amides is 1. The summed E-state index contributed by atoms with van der Waals surface area (Å²) in [5, 5.41) is 14.2. The molecule has 7 heteroatoms. The maximum Gasteiger partial charge on any atom is 0.308 e. The SMILES string of the molecule is Cc1cc(C(=O)N2CC(C(=O)O)C(c3ccccc3)C2)c2c(C)noc2n1. The number of hydrogen-bond donors (Lipinski definition) is 1. The maximum absolute atomic E-state index is 13.2. The molecule has 138 valence electrons. The summed E-state index contributed by atoms with van der Waals surface area (Å²) in [6, 6.07) is 11.2. The highest BCUT2D eigenvalue weighted by Gasteiger charge is 2.41. The Hall–Kier alpha value is -3.22. The van der Waals surface area contributed by atoms with E-state index in [4.69, 9.17) is 4.52 Å². The lowest BCUT2D eigenvalue weighted by Crippen LogP contribution is -2.30. The predicted octanol–water partition coefficient (Wildman–Crippen LogP) is 2.78. The van der Waals surface area contributed by atoms with E-state index in [9.17, 15) is 14.7 Å². The van der Waals surface area contributed by atoms with Gasteiger partial charge in [-0.2, -0.15) is 0 Å². The molecule has 0 radical (unpaired) electrons. The van der Waals surface area contributed by atoms with Crippen molar-refractivity contribution in [2.45, 2.75) is 19.8 Å². The summed E-state index contributed by atoms with van der Waals surface area (Å²) in [5.74, 6) is -1.99. The Bertz CT molecular complexity index is 1030. The van der Waals surface area contributed by atoms with E-state index >= 15 is 0 Å². The van der Waals surface area contributed by atoms with Crippen molar-refractivity contribution < 1.29 is 19.2 Å². The molecule has 27 heavy (non-hydrogen) atoms. The summed E-state index contributed by atoms with van der Waals surface area (Å²) in [4.78, 5) is 30.9. The number of hydrogen-bond acceptors (Lipinski definition) is 5. The van der Waals surface area contributed by atoms with Gasteiger partial charge in [0.1, 0.15) is 0 Å². The zero-order valence-corrected chi connectivity index (χ0v) is 15.0. The lowest BCUT2D eigenvalue weighted by molar-refractivity contribution is -0.141. The number of fused-ring (bicyclic) bond motifs is 1. The van der Waals surface area contributed by atoms with Crippen molar-refractivity contribution in [2.24, 2.45) is 5.92 Å². The number of aromatic nitrogens is 2. The van der Waals surface area contributed by atoms with Crippen LogP contribution in [0.1, 0.15) is 33.2 Å². The zero-order chi connectivity index (χ0) is 19.1. The smallest absolute Gasteiger partial charge is 0.308 e. The van der Waals surface area contributed by atoms with E-state index in [0.717, 1.165) is 5.56 Å². The Morgan fingerprint density at radius 3 is 2.63 bits per heavy atom. The maximum atomic E-state index is 13.2. The second-order valence-electron chi connectivity index (χ2n) is 6.93. The van der Waals surface area contributed by atoms with Crippen molar-refractivity contribution in [3.05, 3.63) is 58.9 Å². The molecule has 1 aromatic carbocycles. The van der Waals surface area contributed by atoms with Crippen molar-refractivity contribution in [2.75, 3.05) is 13.1 Å². The highest BCUT2D eigenvalue weighted by atomic mass is 16.5. The summed E-state index contributed by atoms with van der Waals surface area (Å²) in [7, 11) is 0. The molecule has 4 rings (SSSR count). The van der Waals surface area contributed by atoms with Crippen LogP contribution in [-0.2, 0) is 4.79 Å². The van der Waals surface area contributed by atoms with Gasteiger partial charge in [-0.05, 0) is 25.5 Å². The number of pyridine rings is 1. The number of aliphatic carboxylic acids is 1. The minimum atomic E-state index is -0.892. The van der Waals surface area contributed by atoms with E-state index in [1.165, 1.54) is 0 Å². The number of rotatable bonds is 3. The van der Waals surface area contributed by atoms with Gasteiger partial charge < -0.3 is 14.5 Å². The normalized spacial score (nSPS) is 19.6. The second kappa shape index (κ2) is 6.50. The molecule has 1 fully saturated rings. The topological polar surface area (TPSA) is 96.5 Å². The van der Waals surface area contributed by atoms with Gasteiger partial charge in [0.2, 0.25) is 0 Å². The second-order valence-corrected chi connectivity index (χ2v) is 6.93. The van der Waals surface area contributed by atoms with Gasteiger partial charge in [-0.3, -0.25) is 9.59 Å². The molecular weight excluding hydrogens is 346 g/mol. The van der Waals surface area contributed by atoms with Crippen LogP contribution in [0.5, 0.6) is 0 Å². The van der Waals surface area contributed by atoms with Crippen LogP contribution in [0.15, 0.2) is 40.9 Å². The van der Waals surface area contributed by atoms with Gasteiger partial charge in [-0.15, -0.1) is 0 Å². The Morgan fingerprint density at radius 2 is 1.93 bits per heavy atom. The molecular formula is C20H19N3O4. The Balaban J connectivity index is 1.71. The van der Waals surface area contributed by atoms with Crippen LogP contribution in [0.3, 0.4) is 0 Å². The molecule has 1 N–H and O–H groups in total. The third-order valence-corrected chi connectivity index (χ3v) is 5.13. The van der Waals surface area contributed by atoms with Gasteiger partial charge in [0.15, 0.2) is 0 Å². The average molecular weight is 365 g/mol. The molecule has 1 amide bonds. The molecule has 0 spiro atoms. The summed E-state index contributed by atoms with van der Waals surface area (Å²) >= 11 is 0. The minimum Gasteiger partial charge on any atom is -0.481 e. The number of carbonyl (C=O) groups excluding carboxylic acids is 1. The van der Waals surface area contributed by atoms with Gasteiger partial charge in [0.25, 0.3) is 11.6 Å². The monoisotopic (exact) mass is 365 g/mol. The van der Waals surface area contributed by atoms with Gasteiger partial charge >= 0.3 is 5.97 Å². The fourth-order valence-corrected chi connectivity index (χ4v) is 3.81. The largest absolute Gasteiger partial charge is 0.481 e. The van der Waals surface area contributed by atoms with Crippen LogP contribution >= 0.6 is 0 Å². The van der Waals surface area contributed by atoms with Gasteiger partial charge in [-0.1, -0.05) is 35.5 Å². The number of carbonyl (C=O) groups is 2. The number of carboxylic acids is 1. The van der Waals surface area contributed by atoms with Crippen molar-refractivity contribution >= 4 is 23.0 Å². The first kappa shape index (κ1) is 17.2. The molecule has 1 saturated heterocycles. The summed E-state index contributed by atoms with van der Waals surface area (Å²) < 4.78 is 5.21. The van der Waals surface area contributed by atoms with E-state index in [2.05, 4.69) is 10.1 Å². The lowest BCUT2D eigenvalue weighted by atomic mass is 9.89. The van der Waals surface area contributed by atoms with Crippen LogP contribution < -0.4 is 0 Å². The summed E-state index contributed by atoms with van der Waals surface area (Å²) in [6.07, 6.45) is 0. The van der Waals surface area contributed by atoms with Gasteiger partial charge in [0.05, 0.1) is 22.6 Å². The van der Waals surface area contributed by atoms with E-state index in [0.29, 0.717) is 34.6 Å². The van der Waals surface area contributed by atoms with Crippen LogP contribution in [0.25, 0.3) is 11.1 Å². The number of benzene rings is 1. The quantitative estimate of drug-likeness (QED) is 0.767. The zero-order valence-electron chi connectivity index (χ0n) is 15.0. The fourth-order valence-electron chi connectivity index (χ4n) is 3.81. The molecule has 1 aliphatic rings. The first-order valence-electron chi connectivity index (χ1n) is 8.76. The molecule has 0 aliphatic carbocycles. The molecule has 3 aromatic rings. The number of nitrogens with zero attached hydrogens (tertiary/aromatic N) is 3. The Kier molecular flexibility index (Phi) is 4.14. The number of carboxylic acid groups (broad SMARTS) is 1. The van der Waals surface area contributed by atoms with Crippen molar-refractivity contribution in [1.82, 2.24) is 15.0 Å². The van der Waals surface area contributed by atoms with Crippen molar-refractivity contribution in [3.63, 3.8) is 0 Å². The molecule has 0 bridgehead atoms. The fraction of sp³-hybridized carbons (Fsp3) is 0.300. The standard InChI is InChI=1S/C20H19N3O4/c1-11-8-14(17-12(2)22-27-18(17)21-11)19(24)23-9-15(16(10-23)20(25)26)13-6-4-3-5-7-13/h3-8,15-16H,9-10H2,1-2H3,(H,25,26). The molecule has 3 heterocycles. The molecule has 0 saturated carbocycles.